The zero-order valence-electron chi connectivity index (χ0n) is 10.9. The molecule has 4 nitrogen and oxygen atoms in total. The minimum absolute atomic E-state index is 0.174. The summed E-state index contributed by atoms with van der Waals surface area (Å²) < 4.78 is 1.12. The highest BCUT2D eigenvalue weighted by atomic mass is 32.1. The van der Waals surface area contributed by atoms with Crippen molar-refractivity contribution in [1.29, 1.82) is 0 Å². The molecule has 5 heteroatoms. The van der Waals surface area contributed by atoms with Crippen LogP contribution in [0.15, 0.2) is 42.5 Å². The molecule has 0 spiro atoms. The van der Waals surface area contributed by atoms with E-state index in [-0.39, 0.29) is 10.6 Å². The predicted octanol–water partition coefficient (Wildman–Crippen LogP) is 4.10. The van der Waals surface area contributed by atoms with E-state index < -0.39 is 0 Å². The minimum atomic E-state index is -0.329. The Morgan fingerprint density at radius 3 is 2.85 bits per heavy atom. The summed E-state index contributed by atoms with van der Waals surface area (Å²) in [4.78, 5) is 15.1. The molecule has 3 rings (SSSR count). The van der Waals surface area contributed by atoms with Gasteiger partial charge in [0.2, 0.25) is 0 Å². The number of para-hydroxylation sites is 1. The number of thiazole rings is 1. The van der Waals surface area contributed by atoms with Gasteiger partial charge >= 0.3 is 0 Å². The van der Waals surface area contributed by atoms with Crippen LogP contribution in [0.3, 0.4) is 0 Å². The molecule has 0 unspecified atom stereocenters. The van der Waals surface area contributed by atoms with Gasteiger partial charge in [-0.3, -0.25) is 10.1 Å². The molecule has 0 radical (unpaired) electrons. The molecule has 0 aliphatic rings. The summed E-state index contributed by atoms with van der Waals surface area (Å²) in [7, 11) is 0. The summed E-state index contributed by atoms with van der Waals surface area (Å²) in [6, 6.07) is 12.9. The molecule has 100 valence electrons. The molecule has 2 aromatic carbocycles. The van der Waals surface area contributed by atoms with Gasteiger partial charge in [-0.2, -0.15) is 0 Å². The molecule has 0 saturated carbocycles. The van der Waals surface area contributed by atoms with Crippen molar-refractivity contribution < 1.29 is 4.92 Å². The number of hydrogen-bond donors (Lipinski definition) is 0. The summed E-state index contributed by atoms with van der Waals surface area (Å²) >= 11 is 1.64. The number of nitrogens with zero attached hydrogens (tertiary/aromatic N) is 2. The fourth-order valence-electron chi connectivity index (χ4n) is 2.25. The standard InChI is InChI=1S/C15H12N2O2S/c1-10-16-13-7-6-11(9-15(13)20-10)8-12-4-2-3-5-14(12)17(18)19/h2-7,9H,8H2,1H3. The van der Waals surface area contributed by atoms with E-state index in [1.54, 1.807) is 29.5 Å². The number of aromatic nitrogens is 1. The Morgan fingerprint density at radius 1 is 1.25 bits per heavy atom. The van der Waals surface area contributed by atoms with Crippen LogP contribution < -0.4 is 0 Å². The third-order valence-corrected chi connectivity index (χ3v) is 4.08. The van der Waals surface area contributed by atoms with Crippen LogP contribution in [0.25, 0.3) is 10.2 Å². The fraction of sp³-hybridized carbons (Fsp3) is 0.133. The third-order valence-electron chi connectivity index (χ3n) is 3.14. The lowest BCUT2D eigenvalue weighted by atomic mass is 10.0. The SMILES string of the molecule is Cc1nc2ccc(Cc3ccccc3[N+](=O)[O-])cc2s1. The molecule has 0 N–H and O–H groups in total. The number of nitro groups is 1. The first-order valence-corrected chi connectivity index (χ1v) is 7.03. The van der Waals surface area contributed by atoms with Gasteiger partial charge in [-0.15, -0.1) is 11.3 Å². The number of aryl methyl sites for hydroxylation is 1. The van der Waals surface area contributed by atoms with E-state index >= 15 is 0 Å². The molecule has 0 aliphatic heterocycles. The van der Waals surface area contributed by atoms with Crippen molar-refractivity contribution in [1.82, 2.24) is 4.98 Å². The Morgan fingerprint density at radius 2 is 2.05 bits per heavy atom. The Labute approximate surface area is 119 Å². The number of benzene rings is 2. The second-order valence-corrected chi connectivity index (χ2v) is 5.83. The van der Waals surface area contributed by atoms with Gasteiger partial charge in [0.15, 0.2) is 0 Å². The van der Waals surface area contributed by atoms with Crippen LogP contribution in [0.1, 0.15) is 16.1 Å². The molecular formula is C15H12N2O2S. The van der Waals surface area contributed by atoms with E-state index in [4.69, 9.17) is 0 Å². The van der Waals surface area contributed by atoms with E-state index in [0.717, 1.165) is 26.4 Å². The largest absolute Gasteiger partial charge is 0.272 e. The van der Waals surface area contributed by atoms with Gasteiger partial charge < -0.3 is 0 Å². The van der Waals surface area contributed by atoms with Gasteiger partial charge in [0.1, 0.15) is 0 Å². The Bertz CT molecular complexity index is 795. The molecule has 0 amide bonds. The smallest absolute Gasteiger partial charge is 0.258 e. The second kappa shape index (κ2) is 5.02. The molecule has 0 saturated heterocycles. The van der Waals surface area contributed by atoms with Crippen molar-refractivity contribution in [3.05, 3.63) is 68.7 Å². The van der Waals surface area contributed by atoms with Gasteiger partial charge in [-0.1, -0.05) is 24.3 Å². The highest BCUT2D eigenvalue weighted by Crippen LogP contribution is 2.26. The molecule has 0 bridgehead atoms. The molecule has 3 aromatic rings. The Balaban J connectivity index is 1.98. The summed E-state index contributed by atoms with van der Waals surface area (Å²) in [6.45, 7) is 1.98. The first-order valence-electron chi connectivity index (χ1n) is 6.22. The normalized spacial score (nSPS) is 10.8. The molecule has 0 aliphatic carbocycles. The maximum atomic E-state index is 11.0. The van der Waals surface area contributed by atoms with Gasteiger partial charge in [-0.05, 0) is 24.6 Å². The molecule has 0 atom stereocenters. The first kappa shape index (κ1) is 12.7. The maximum absolute atomic E-state index is 11.0. The van der Waals surface area contributed by atoms with E-state index in [9.17, 15) is 10.1 Å². The van der Waals surface area contributed by atoms with Crippen molar-refractivity contribution in [3.8, 4) is 0 Å². The zero-order chi connectivity index (χ0) is 14.1. The van der Waals surface area contributed by atoms with Crippen LogP contribution in [0.5, 0.6) is 0 Å². The van der Waals surface area contributed by atoms with Crippen molar-refractivity contribution in [2.75, 3.05) is 0 Å². The highest BCUT2D eigenvalue weighted by Gasteiger charge is 2.13. The Hall–Kier alpha value is -2.27. The molecule has 20 heavy (non-hydrogen) atoms. The maximum Gasteiger partial charge on any atom is 0.272 e. The number of rotatable bonds is 3. The fourth-order valence-corrected chi connectivity index (χ4v) is 3.14. The van der Waals surface area contributed by atoms with Crippen molar-refractivity contribution in [2.24, 2.45) is 0 Å². The summed E-state index contributed by atoms with van der Waals surface area (Å²) in [5.41, 5.74) is 2.96. The monoisotopic (exact) mass is 284 g/mol. The van der Waals surface area contributed by atoms with Gasteiger partial charge in [0, 0.05) is 18.1 Å². The Kier molecular flexibility index (Phi) is 3.20. The van der Waals surface area contributed by atoms with E-state index in [1.807, 2.05) is 25.1 Å². The quantitative estimate of drug-likeness (QED) is 0.537. The average molecular weight is 284 g/mol. The summed E-state index contributed by atoms with van der Waals surface area (Å²) in [5.74, 6) is 0. The first-order chi connectivity index (χ1) is 9.63. The lowest BCUT2D eigenvalue weighted by Gasteiger charge is -2.03. The van der Waals surface area contributed by atoms with Crippen LogP contribution in [-0.4, -0.2) is 9.91 Å². The van der Waals surface area contributed by atoms with Crippen molar-refractivity contribution >= 4 is 27.2 Å². The molecule has 1 heterocycles. The lowest BCUT2D eigenvalue weighted by Crippen LogP contribution is -1.96. The van der Waals surface area contributed by atoms with Gasteiger partial charge in [0.05, 0.1) is 20.1 Å². The van der Waals surface area contributed by atoms with Crippen molar-refractivity contribution in [3.63, 3.8) is 0 Å². The van der Waals surface area contributed by atoms with E-state index in [0.29, 0.717) is 6.42 Å². The van der Waals surface area contributed by atoms with Gasteiger partial charge in [-0.25, -0.2) is 4.98 Å². The van der Waals surface area contributed by atoms with Gasteiger partial charge in [0.25, 0.3) is 5.69 Å². The lowest BCUT2D eigenvalue weighted by molar-refractivity contribution is -0.385. The van der Waals surface area contributed by atoms with Crippen molar-refractivity contribution in [2.45, 2.75) is 13.3 Å². The molecule has 0 fully saturated rings. The van der Waals surface area contributed by atoms with Crippen LogP contribution in [0, 0.1) is 17.0 Å². The summed E-state index contributed by atoms with van der Waals surface area (Å²) in [6.07, 6.45) is 0.560. The minimum Gasteiger partial charge on any atom is -0.258 e. The molecule has 1 aromatic heterocycles. The topological polar surface area (TPSA) is 56.0 Å². The van der Waals surface area contributed by atoms with E-state index in [1.165, 1.54) is 0 Å². The second-order valence-electron chi connectivity index (χ2n) is 4.60. The zero-order valence-corrected chi connectivity index (χ0v) is 11.7. The van der Waals surface area contributed by atoms with E-state index in [2.05, 4.69) is 11.1 Å². The third kappa shape index (κ3) is 2.40. The van der Waals surface area contributed by atoms with Crippen LogP contribution >= 0.6 is 11.3 Å². The van der Waals surface area contributed by atoms with Crippen LogP contribution in [0.2, 0.25) is 0 Å². The molecular weight excluding hydrogens is 272 g/mol. The average Bonchev–Trinajstić information content (AvgIpc) is 2.78. The van der Waals surface area contributed by atoms with Crippen LogP contribution in [-0.2, 0) is 6.42 Å². The number of hydrogen-bond acceptors (Lipinski definition) is 4. The highest BCUT2D eigenvalue weighted by molar-refractivity contribution is 7.18. The number of fused-ring (bicyclic) bond motifs is 1. The summed E-state index contributed by atoms with van der Waals surface area (Å²) in [5, 5.41) is 12.1. The number of nitro benzene ring substituents is 1. The van der Waals surface area contributed by atoms with Crippen LogP contribution in [0.4, 0.5) is 5.69 Å². The predicted molar refractivity (Wildman–Crippen MR) is 80.3 cm³/mol.